The Balaban J connectivity index is 1.57. The molecule has 2 heterocycles. The number of hydrogen-bond acceptors (Lipinski definition) is 3. The normalized spacial score (nSPS) is 16.5. The molecule has 2 aromatic rings. The molecule has 3 rings (SSSR count). The molecule has 1 aromatic carbocycles. The lowest BCUT2D eigenvalue weighted by Gasteiger charge is -2.33. The summed E-state index contributed by atoms with van der Waals surface area (Å²) in [6.07, 6.45) is 0. The van der Waals surface area contributed by atoms with Crippen LogP contribution in [0, 0.1) is 13.8 Å². The van der Waals surface area contributed by atoms with Crippen molar-refractivity contribution in [3.05, 3.63) is 35.0 Å². The van der Waals surface area contributed by atoms with Crippen LogP contribution in [0.25, 0.3) is 10.9 Å². The Labute approximate surface area is 150 Å². The lowest BCUT2D eigenvalue weighted by Crippen LogP contribution is -2.48. The van der Waals surface area contributed by atoms with Crippen LogP contribution < -0.4 is 5.32 Å². The number of rotatable bonds is 5. The Morgan fingerprint density at radius 1 is 1.12 bits per heavy atom. The summed E-state index contributed by atoms with van der Waals surface area (Å²) in [6.45, 7) is 13.7. The fraction of sp³-hybridized carbons (Fsp3) is 0.550. The maximum absolute atomic E-state index is 12.5. The molecular formula is C20H30N4O. The Morgan fingerprint density at radius 2 is 1.80 bits per heavy atom. The quantitative estimate of drug-likeness (QED) is 0.905. The van der Waals surface area contributed by atoms with Gasteiger partial charge in [0, 0.05) is 68.5 Å². The second-order valence-corrected chi connectivity index (χ2v) is 7.03. The molecule has 0 saturated carbocycles. The van der Waals surface area contributed by atoms with Gasteiger partial charge < -0.3 is 14.8 Å². The van der Waals surface area contributed by atoms with E-state index in [0.717, 1.165) is 44.8 Å². The summed E-state index contributed by atoms with van der Waals surface area (Å²) < 4.78 is 2.18. The molecule has 0 aliphatic carbocycles. The van der Waals surface area contributed by atoms with Crippen molar-refractivity contribution in [2.45, 2.75) is 20.8 Å². The van der Waals surface area contributed by atoms with E-state index in [0.29, 0.717) is 6.54 Å². The summed E-state index contributed by atoms with van der Waals surface area (Å²) in [5, 5.41) is 4.25. The van der Waals surface area contributed by atoms with E-state index in [9.17, 15) is 4.79 Å². The number of amides is 1. The van der Waals surface area contributed by atoms with E-state index < -0.39 is 0 Å². The lowest BCUT2D eigenvalue weighted by molar-refractivity contribution is 0.0938. The zero-order chi connectivity index (χ0) is 18.0. The predicted octanol–water partition coefficient (Wildman–Crippen LogP) is 2.16. The van der Waals surface area contributed by atoms with Crippen molar-refractivity contribution in [2.75, 3.05) is 45.8 Å². The summed E-state index contributed by atoms with van der Waals surface area (Å²) in [5.74, 6) is 0.0231. The van der Waals surface area contributed by atoms with E-state index in [1.54, 1.807) is 0 Å². The monoisotopic (exact) mass is 342 g/mol. The first-order chi connectivity index (χ1) is 12.0. The molecule has 0 spiro atoms. The van der Waals surface area contributed by atoms with Gasteiger partial charge in [0.15, 0.2) is 0 Å². The zero-order valence-corrected chi connectivity index (χ0v) is 15.9. The van der Waals surface area contributed by atoms with Crippen LogP contribution in [0.4, 0.5) is 0 Å². The smallest absolute Gasteiger partial charge is 0.251 e. The number of aryl methyl sites for hydroxylation is 2. The summed E-state index contributed by atoms with van der Waals surface area (Å²) >= 11 is 0. The van der Waals surface area contributed by atoms with Gasteiger partial charge in [0.1, 0.15) is 0 Å². The highest BCUT2D eigenvalue weighted by Crippen LogP contribution is 2.25. The maximum Gasteiger partial charge on any atom is 0.251 e. The van der Waals surface area contributed by atoms with Crippen LogP contribution in [0.1, 0.15) is 28.5 Å². The minimum absolute atomic E-state index is 0.0231. The molecule has 136 valence electrons. The van der Waals surface area contributed by atoms with Crippen LogP contribution >= 0.6 is 0 Å². The van der Waals surface area contributed by atoms with E-state index in [2.05, 4.69) is 47.5 Å². The molecule has 0 radical (unpaired) electrons. The minimum atomic E-state index is 0.0231. The highest BCUT2D eigenvalue weighted by Gasteiger charge is 2.16. The van der Waals surface area contributed by atoms with Gasteiger partial charge in [-0.25, -0.2) is 0 Å². The van der Waals surface area contributed by atoms with E-state index >= 15 is 0 Å². The van der Waals surface area contributed by atoms with Crippen molar-refractivity contribution in [1.82, 2.24) is 19.7 Å². The maximum atomic E-state index is 12.5. The Kier molecular flexibility index (Phi) is 5.45. The fourth-order valence-electron chi connectivity index (χ4n) is 3.66. The molecule has 1 aliphatic rings. The number of benzene rings is 1. The van der Waals surface area contributed by atoms with Crippen LogP contribution in [-0.2, 0) is 7.05 Å². The van der Waals surface area contributed by atoms with E-state index in [1.165, 1.54) is 22.2 Å². The van der Waals surface area contributed by atoms with Gasteiger partial charge in [0.2, 0.25) is 0 Å². The van der Waals surface area contributed by atoms with Crippen molar-refractivity contribution in [3.63, 3.8) is 0 Å². The van der Waals surface area contributed by atoms with Crippen molar-refractivity contribution in [3.8, 4) is 0 Å². The number of aromatic nitrogens is 1. The zero-order valence-electron chi connectivity index (χ0n) is 15.9. The average molecular weight is 342 g/mol. The van der Waals surface area contributed by atoms with Crippen LogP contribution in [0.2, 0.25) is 0 Å². The van der Waals surface area contributed by atoms with Gasteiger partial charge in [0.05, 0.1) is 0 Å². The molecule has 1 fully saturated rings. The van der Waals surface area contributed by atoms with Crippen LogP contribution in [-0.4, -0.2) is 66.1 Å². The molecule has 5 nitrogen and oxygen atoms in total. The van der Waals surface area contributed by atoms with Gasteiger partial charge in [-0.05, 0) is 44.2 Å². The molecule has 5 heteroatoms. The number of fused-ring (bicyclic) bond motifs is 1. The Hall–Kier alpha value is -1.85. The third kappa shape index (κ3) is 3.72. The average Bonchev–Trinajstić information content (AvgIpc) is 2.86. The molecule has 1 N–H and O–H groups in total. The van der Waals surface area contributed by atoms with Gasteiger partial charge in [0.25, 0.3) is 5.91 Å². The number of piperazine rings is 1. The molecular weight excluding hydrogens is 312 g/mol. The van der Waals surface area contributed by atoms with Crippen molar-refractivity contribution in [2.24, 2.45) is 7.05 Å². The topological polar surface area (TPSA) is 40.5 Å². The van der Waals surface area contributed by atoms with E-state index in [-0.39, 0.29) is 5.91 Å². The van der Waals surface area contributed by atoms with E-state index in [1.807, 2.05) is 18.2 Å². The molecule has 1 aliphatic heterocycles. The van der Waals surface area contributed by atoms with Crippen molar-refractivity contribution in [1.29, 1.82) is 0 Å². The van der Waals surface area contributed by atoms with Gasteiger partial charge in [-0.15, -0.1) is 0 Å². The summed E-state index contributed by atoms with van der Waals surface area (Å²) in [5.41, 5.74) is 4.43. The van der Waals surface area contributed by atoms with Crippen LogP contribution in [0.3, 0.4) is 0 Å². The minimum Gasteiger partial charge on any atom is -0.351 e. The summed E-state index contributed by atoms with van der Waals surface area (Å²) in [7, 11) is 2.07. The first kappa shape index (κ1) is 18.0. The first-order valence-corrected chi connectivity index (χ1v) is 9.29. The second kappa shape index (κ2) is 7.58. The molecule has 0 atom stereocenters. The number of carbonyl (C=O) groups excluding carboxylic acids is 1. The number of carbonyl (C=O) groups is 1. The van der Waals surface area contributed by atoms with Crippen LogP contribution in [0.5, 0.6) is 0 Å². The van der Waals surface area contributed by atoms with E-state index in [4.69, 9.17) is 0 Å². The highest BCUT2D eigenvalue weighted by molar-refractivity contribution is 5.99. The van der Waals surface area contributed by atoms with Crippen molar-refractivity contribution < 1.29 is 4.79 Å². The third-order valence-electron chi connectivity index (χ3n) is 5.70. The van der Waals surface area contributed by atoms with Gasteiger partial charge in [-0.3, -0.25) is 9.69 Å². The molecule has 0 unspecified atom stereocenters. The summed E-state index contributed by atoms with van der Waals surface area (Å²) in [4.78, 5) is 17.4. The number of likely N-dealkylation sites (N-methyl/N-ethyl adjacent to an activating group) is 1. The summed E-state index contributed by atoms with van der Waals surface area (Å²) in [6, 6.07) is 6.00. The first-order valence-electron chi connectivity index (χ1n) is 9.29. The standard InChI is InChI=1S/C20H30N4O/c1-5-23-10-12-24(13-11-23)9-8-21-20(25)17-6-7-19-18(14-17)15(2)16(3)22(19)4/h6-7,14H,5,8-13H2,1-4H3,(H,21,25). The van der Waals surface area contributed by atoms with Gasteiger partial charge >= 0.3 is 0 Å². The molecule has 1 amide bonds. The van der Waals surface area contributed by atoms with Gasteiger partial charge in [-0.1, -0.05) is 6.92 Å². The highest BCUT2D eigenvalue weighted by atomic mass is 16.1. The molecule has 0 bridgehead atoms. The molecule has 1 saturated heterocycles. The largest absolute Gasteiger partial charge is 0.351 e. The third-order valence-corrected chi connectivity index (χ3v) is 5.70. The molecule has 25 heavy (non-hydrogen) atoms. The van der Waals surface area contributed by atoms with Crippen LogP contribution in [0.15, 0.2) is 18.2 Å². The second-order valence-electron chi connectivity index (χ2n) is 7.03. The van der Waals surface area contributed by atoms with Crippen molar-refractivity contribution >= 4 is 16.8 Å². The Morgan fingerprint density at radius 3 is 2.48 bits per heavy atom. The van der Waals surface area contributed by atoms with Gasteiger partial charge in [-0.2, -0.15) is 0 Å². The predicted molar refractivity (Wildman–Crippen MR) is 103 cm³/mol. The number of nitrogens with zero attached hydrogens (tertiary/aromatic N) is 3. The Bertz CT molecular complexity index is 757. The number of nitrogens with one attached hydrogen (secondary N) is 1. The fourth-order valence-corrected chi connectivity index (χ4v) is 3.66. The number of hydrogen-bond donors (Lipinski definition) is 1. The molecule has 1 aromatic heterocycles. The SMILES string of the molecule is CCN1CCN(CCNC(=O)c2ccc3c(c2)c(C)c(C)n3C)CC1. The lowest BCUT2D eigenvalue weighted by atomic mass is 10.1.